The molecular formula is C44H46N6O7. The maximum Gasteiger partial charge on any atom is 0.255 e. The highest BCUT2D eigenvalue weighted by molar-refractivity contribution is 6.08. The van der Waals surface area contributed by atoms with E-state index in [1.54, 1.807) is 11.0 Å². The van der Waals surface area contributed by atoms with E-state index in [2.05, 4.69) is 45.1 Å². The predicted molar refractivity (Wildman–Crippen MR) is 211 cm³/mol. The number of aromatic nitrogens is 3. The van der Waals surface area contributed by atoms with Gasteiger partial charge in [0.1, 0.15) is 17.9 Å². The largest absolute Gasteiger partial charge is 0.494 e. The van der Waals surface area contributed by atoms with Crippen LogP contribution in [0.1, 0.15) is 67.3 Å². The van der Waals surface area contributed by atoms with Crippen LogP contribution in [0.2, 0.25) is 0 Å². The predicted octanol–water partition coefficient (Wildman–Crippen LogP) is 5.57. The van der Waals surface area contributed by atoms with Gasteiger partial charge in [-0.1, -0.05) is 18.2 Å². The second-order valence-corrected chi connectivity index (χ2v) is 15.6. The number of carbonyl (C=O) groups excluding carboxylic acids is 4. The normalized spacial score (nSPS) is 21.1. The Morgan fingerprint density at radius 3 is 2.49 bits per heavy atom. The summed E-state index contributed by atoms with van der Waals surface area (Å²) >= 11 is 0. The number of pyridine rings is 2. The van der Waals surface area contributed by atoms with Gasteiger partial charge >= 0.3 is 0 Å². The fraction of sp³-hybridized carbons (Fsp3) is 0.409. The van der Waals surface area contributed by atoms with E-state index in [0.29, 0.717) is 69.3 Å². The van der Waals surface area contributed by atoms with Crippen molar-refractivity contribution in [3.05, 3.63) is 84.3 Å². The summed E-state index contributed by atoms with van der Waals surface area (Å²) < 4.78 is 20.4. The molecule has 3 aliphatic heterocycles. The van der Waals surface area contributed by atoms with Crippen LogP contribution in [0, 0.1) is 5.92 Å². The number of hydrogen-bond donors (Lipinski definition) is 1. The van der Waals surface area contributed by atoms with E-state index in [1.807, 2.05) is 53.8 Å². The Morgan fingerprint density at radius 1 is 0.860 bits per heavy atom. The highest BCUT2D eigenvalue weighted by Crippen LogP contribution is 2.35. The number of fused-ring (bicyclic) bond motifs is 4. The number of rotatable bonds is 12. The second kappa shape index (κ2) is 15.6. The lowest BCUT2D eigenvalue weighted by Crippen LogP contribution is -2.52. The molecule has 5 aromatic rings. The van der Waals surface area contributed by atoms with Gasteiger partial charge in [0, 0.05) is 97.7 Å². The first-order valence-electron chi connectivity index (χ1n) is 20.0. The van der Waals surface area contributed by atoms with E-state index in [4.69, 9.17) is 14.2 Å². The third-order valence-corrected chi connectivity index (χ3v) is 12.0. The molecule has 0 bridgehead atoms. The molecule has 0 radical (unpaired) electrons. The third kappa shape index (κ3) is 7.43. The van der Waals surface area contributed by atoms with E-state index < -0.39 is 11.9 Å². The summed E-state index contributed by atoms with van der Waals surface area (Å²) in [5.41, 5.74) is 5.80. The molecule has 57 heavy (non-hydrogen) atoms. The number of amides is 4. The van der Waals surface area contributed by atoms with Crippen molar-refractivity contribution in [2.75, 3.05) is 26.3 Å². The SMILES string of the molecule is Cn1c2ccncc2c2ccc(-c3ccc(OC4CC(C(=O)N5CCC(OCCCCOc6ccc7c(c6)C(=O)N(C6CCC(=O)NC6=O)C7)CC5)C4)nc3)cc21. The molecule has 4 amide bonds. The first kappa shape index (κ1) is 36.8. The summed E-state index contributed by atoms with van der Waals surface area (Å²) in [7, 11) is 2.08. The summed E-state index contributed by atoms with van der Waals surface area (Å²) in [6, 6.07) is 17.3. The lowest BCUT2D eigenvalue weighted by molar-refractivity contribution is -0.144. The molecule has 0 spiro atoms. The molecule has 3 aromatic heterocycles. The number of nitrogens with one attached hydrogen (secondary N) is 1. The Labute approximate surface area is 330 Å². The number of imide groups is 1. The molecule has 1 aliphatic carbocycles. The minimum Gasteiger partial charge on any atom is -0.494 e. The Kier molecular flexibility index (Phi) is 10.1. The van der Waals surface area contributed by atoms with E-state index >= 15 is 0 Å². The first-order chi connectivity index (χ1) is 27.8. The third-order valence-electron chi connectivity index (χ3n) is 12.0. The number of nitrogens with zero attached hydrogens (tertiary/aromatic N) is 5. The number of piperidine rings is 2. The highest BCUT2D eigenvalue weighted by atomic mass is 16.5. The van der Waals surface area contributed by atoms with E-state index in [1.165, 1.54) is 5.39 Å². The second-order valence-electron chi connectivity index (χ2n) is 15.6. The number of benzene rings is 2. The van der Waals surface area contributed by atoms with Gasteiger partial charge in [-0.2, -0.15) is 0 Å². The lowest BCUT2D eigenvalue weighted by atomic mass is 9.81. The van der Waals surface area contributed by atoms with Crippen molar-refractivity contribution in [1.29, 1.82) is 0 Å². The van der Waals surface area contributed by atoms with Gasteiger partial charge in [-0.3, -0.25) is 29.5 Å². The molecule has 3 fully saturated rings. The van der Waals surface area contributed by atoms with Crippen molar-refractivity contribution < 1.29 is 33.4 Å². The Hall–Kier alpha value is -5.82. The molecule has 13 heteroatoms. The maximum absolute atomic E-state index is 13.2. The summed E-state index contributed by atoms with van der Waals surface area (Å²) in [6.07, 6.45) is 11.0. The summed E-state index contributed by atoms with van der Waals surface area (Å²) in [5.74, 6) is 0.472. The van der Waals surface area contributed by atoms with Gasteiger partial charge in [-0.15, -0.1) is 0 Å². The molecule has 1 unspecified atom stereocenters. The number of carbonyl (C=O) groups is 4. The smallest absolute Gasteiger partial charge is 0.255 e. The molecule has 13 nitrogen and oxygen atoms in total. The first-order valence-corrected chi connectivity index (χ1v) is 20.0. The Balaban J connectivity index is 0.657. The summed E-state index contributed by atoms with van der Waals surface area (Å²) in [5, 5.41) is 4.66. The van der Waals surface area contributed by atoms with Crippen LogP contribution in [0.4, 0.5) is 0 Å². The van der Waals surface area contributed by atoms with E-state index in [9.17, 15) is 19.2 Å². The molecule has 2 saturated heterocycles. The van der Waals surface area contributed by atoms with Gasteiger partial charge < -0.3 is 28.6 Å². The van der Waals surface area contributed by atoms with Crippen LogP contribution in [0.3, 0.4) is 0 Å². The maximum atomic E-state index is 13.2. The van der Waals surface area contributed by atoms with Crippen molar-refractivity contribution in [2.45, 2.75) is 76.2 Å². The Bertz CT molecular complexity index is 2340. The fourth-order valence-electron chi connectivity index (χ4n) is 8.66. The average molecular weight is 771 g/mol. The van der Waals surface area contributed by atoms with Gasteiger partial charge in [-0.25, -0.2) is 4.98 Å². The van der Waals surface area contributed by atoms with Crippen LogP contribution in [0.25, 0.3) is 32.9 Å². The zero-order valence-corrected chi connectivity index (χ0v) is 32.0. The fourth-order valence-corrected chi connectivity index (χ4v) is 8.66. The molecule has 294 valence electrons. The molecule has 2 aromatic carbocycles. The molecule has 4 aliphatic rings. The number of ether oxygens (including phenoxy) is 3. The standard InChI is InChI=1S/C44H46N6O7/c1-48-37-12-15-45-25-36(37)34-8-5-27(22-39(34)48)28-6-11-41(46-24-28)57-33-20-30(21-33)43(53)49-16-13-31(14-17-49)55-18-2-3-19-56-32-7-4-29-26-50(44(54)35(29)23-32)38-9-10-40(51)47-42(38)52/h4-8,11-12,15,22-25,30-31,33,38H,2-3,9-10,13-14,16-21,26H2,1H3,(H,47,51,52). The monoisotopic (exact) mass is 770 g/mol. The number of aryl methyl sites for hydroxylation is 1. The van der Waals surface area contributed by atoms with Gasteiger partial charge in [-0.05, 0) is 86.4 Å². The summed E-state index contributed by atoms with van der Waals surface area (Å²) in [4.78, 5) is 62.6. The van der Waals surface area contributed by atoms with Gasteiger partial charge in [0.25, 0.3) is 5.91 Å². The van der Waals surface area contributed by atoms with Crippen molar-refractivity contribution in [3.8, 4) is 22.8 Å². The van der Waals surface area contributed by atoms with Crippen LogP contribution in [0.15, 0.2) is 73.2 Å². The highest BCUT2D eigenvalue weighted by Gasteiger charge is 2.40. The quantitative estimate of drug-likeness (QED) is 0.127. The minimum atomic E-state index is -0.631. The van der Waals surface area contributed by atoms with Gasteiger partial charge in [0.05, 0.1) is 18.2 Å². The number of unbranched alkanes of at least 4 members (excludes halogenated alkanes) is 1. The van der Waals surface area contributed by atoms with Crippen LogP contribution in [-0.4, -0.2) is 92.5 Å². The summed E-state index contributed by atoms with van der Waals surface area (Å²) in [6.45, 7) is 2.88. The van der Waals surface area contributed by atoms with E-state index in [-0.39, 0.29) is 42.3 Å². The zero-order chi connectivity index (χ0) is 39.0. The van der Waals surface area contributed by atoms with Crippen LogP contribution in [0.5, 0.6) is 11.6 Å². The molecule has 1 N–H and O–H groups in total. The van der Waals surface area contributed by atoms with Crippen LogP contribution >= 0.6 is 0 Å². The van der Waals surface area contributed by atoms with Crippen molar-refractivity contribution in [1.82, 2.24) is 29.7 Å². The van der Waals surface area contributed by atoms with Crippen molar-refractivity contribution in [3.63, 3.8) is 0 Å². The van der Waals surface area contributed by atoms with Crippen molar-refractivity contribution in [2.24, 2.45) is 13.0 Å². The molecular weight excluding hydrogens is 725 g/mol. The molecule has 6 heterocycles. The zero-order valence-electron chi connectivity index (χ0n) is 32.0. The van der Waals surface area contributed by atoms with Crippen molar-refractivity contribution >= 4 is 45.4 Å². The topological polar surface area (TPSA) is 145 Å². The molecule has 1 atom stereocenters. The Morgan fingerprint density at radius 2 is 1.68 bits per heavy atom. The van der Waals surface area contributed by atoms with E-state index in [0.717, 1.165) is 58.8 Å². The van der Waals surface area contributed by atoms with Crippen LogP contribution in [-0.2, 0) is 32.7 Å². The number of likely N-dealkylation sites (tertiary alicyclic amines) is 1. The van der Waals surface area contributed by atoms with Gasteiger partial charge in [0.15, 0.2) is 0 Å². The van der Waals surface area contributed by atoms with Gasteiger partial charge in [0.2, 0.25) is 23.6 Å². The molecule has 9 rings (SSSR count). The lowest BCUT2D eigenvalue weighted by Gasteiger charge is -2.39. The van der Waals surface area contributed by atoms with Crippen LogP contribution < -0.4 is 14.8 Å². The molecule has 1 saturated carbocycles. The average Bonchev–Trinajstić information content (AvgIpc) is 3.69. The number of hydrogen-bond acceptors (Lipinski definition) is 9. The minimum absolute atomic E-state index is 0.0107.